The van der Waals surface area contributed by atoms with Crippen LogP contribution in [0.5, 0.6) is 0 Å². The highest BCUT2D eigenvalue weighted by Crippen LogP contribution is 1.83. The summed E-state index contributed by atoms with van der Waals surface area (Å²) in [6.07, 6.45) is -1.02. The van der Waals surface area contributed by atoms with Gasteiger partial charge in [-0.1, -0.05) is 5.16 Å². The number of aliphatic hydroxyl groups is 1. The van der Waals surface area contributed by atoms with Crippen LogP contribution in [-0.4, -0.2) is 29.6 Å². The summed E-state index contributed by atoms with van der Waals surface area (Å²) >= 11 is 0. The second-order valence-corrected chi connectivity index (χ2v) is 2.12. The molecule has 0 aromatic carbocycles. The number of amides is 1. The van der Waals surface area contributed by atoms with E-state index in [1.807, 2.05) is 0 Å². The molecule has 6 heteroatoms. The summed E-state index contributed by atoms with van der Waals surface area (Å²) in [5, 5.41) is 22.5. The third-order valence-electron chi connectivity index (χ3n) is 0.946. The maximum Gasteiger partial charge on any atom is 0.286 e. The summed E-state index contributed by atoms with van der Waals surface area (Å²) in [7, 11) is 0. The number of nitriles is 1. The topological polar surface area (TPSA) is 94.7 Å². The van der Waals surface area contributed by atoms with Crippen LogP contribution in [0, 0.1) is 11.3 Å². The highest BCUT2D eigenvalue weighted by molar-refractivity contribution is 6.45. The molecule has 13 heavy (non-hydrogen) atoms. The monoisotopic (exact) mass is 185 g/mol. The number of carbonyl (C=O) groups is 1. The minimum absolute atomic E-state index is 0.271. The molecule has 0 rings (SSSR count). The van der Waals surface area contributed by atoms with Gasteiger partial charge in [0.25, 0.3) is 5.91 Å². The van der Waals surface area contributed by atoms with E-state index >= 15 is 0 Å². The maximum atomic E-state index is 11.0. The lowest BCUT2D eigenvalue weighted by molar-refractivity contribution is -0.117. The van der Waals surface area contributed by atoms with Crippen molar-refractivity contribution in [1.82, 2.24) is 5.32 Å². The number of hydrogen-bond acceptors (Lipinski definition) is 5. The van der Waals surface area contributed by atoms with Gasteiger partial charge in [-0.15, -0.1) is 0 Å². The summed E-state index contributed by atoms with van der Waals surface area (Å²) in [6.45, 7) is 3.30. The van der Waals surface area contributed by atoms with Crippen molar-refractivity contribution >= 4 is 11.6 Å². The summed E-state index contributed by atoms with van der Waals surface area (Å²) in [5.74, 6) is -0.758. The number of nitrogens with zero attached hydrogens (tertiary/aromatic N) is 2. The molecule has 0 aromatic rings. The Bertz CT molecular complexity index is 242. The second kappa shape index (κ2) is 5.97. The summed E-state index contributed by atoms with van der Waals surface area (Å²) < 4.78 is 0. The van der Waals surface area contributed by atoms with Gasteiger partial charge in [0, 0.05) is 0 Å². The molecule has 1 unspecified atom stereocenters. The summed E-state index contributed by atoms with van der Waals surface area (Å²) in [5.41, 5.74) is -0.414. The first kappa shape index (κ1) is 11.4. The second-order valence-electron chi connectivity index (χ2n) is 2.12. The molecule has 0 spiro atoms. The molecule has 0 saturated heterocycles. The lowest BCUT2D eigenvalue weighted by Crippen LogP contribution is -2.37. The molecule has 0 saturated carbocycles. The first-order valence-corrected chi connectivity index (χ1v) is 3.70. The molecule has 0 fully saturated rings. The van der Waals surface area contributed by atoms with Gasteiger partial charge in [0.05, 0.1) is 0 Å². The van der Waals surface area contributed by atoms with Crippen LogP contribution in [-0.2, 0) is 9.63 Å². The molecule has 6 nitrogen and oxygen atoms in total. The highest BCUT2D eigenvalue weighted by atomic mass is 16.6. The average molecular weight is 185 g/mol. The standard InChI is InChI=1S/C7H11N3O3/c1-3-13-10-6(4-8)7(12)9-5(2)11/h5,11H,3H2,1-2H3,(H,9,12). The Hall–Kier alpha value is -1.61. The predicted octanol–water partition coefficient (Wildman–Crippen LogP) is -0.643. The largest absolute Gasteiger partial charge is 0.395 e. The molecular formula is C7H11N3O3. The van der Waals surface area contributed by atoms with Crippen LogP contribution in [0.1, 0.15) is 13.8 Å². The number of rotatable bonds is 4. The fraction of sp³-hybridized carbons (Fsp3) is 0.571. The van der Waals surface area contributed by atoms with Crippen molar-refractivity contribution in [3.8, 4) is 6.07 Å². The van der Waals surface area contributed by atoms with Crippen molar-refractivity contribution < 1.29 is 14.7 Å². The van der Waals surface area contributed by atoms with Crippen LogP contribution in [0.3, 0.4) is 0 Å². The molecule has 0 heterocycles. The van der Waals surface area contributed by atoms with Crippen LogP contribution in [0.2, 0.25) is 0 Å². The molecule has 2 N–H and O–H groups in total. The van der Waals surface area contributed by atoms with E-state index in [-0.39, 0.29) is 6.61 Å². The Morgan fingerprint density at radius 2 is 2.46 bits per heavy atom. The van der Waals surface area contributed by atoms with E-state index in [1.54, 1.807) is 13.0 Å². The van der Waals surface area contributed by atoms with Gasteiger partial charge in [-0.25, -0.2) is 0 Å². The van der Waals surface area contributed by atoms with Crippen molar-refractivity contribution in [2.24, 2.45) is 5.16 Å². The molecular weight excluding hydrogens is 174 g/mol. The maximum absolute atomic E-state index is 11.0. The van der Waals surface area contributed by atoms with Crippen molar-refractivity contribution in [3.05, 3.63) is 0 Å². The number of oxime groups is 1. The molecule has 0 bridgehead atoms. The SMILES string of the molecule is CCON=C(C#N)C(=O)NC(C)O. The van der Waals surface area contributed by atoms with Crippen LogP contribution in [0.25, 0.3) is 0 Å². The molecule has 0 aliphatic rings. The van der Waals surface area contributed by atoms with E-state index in [4.69, 9.17) is 10.4 Å². The minimum Gasteiger partial charge on any atom is -0.395 e. The Labute approximate surface area is 75.8 Å². The molecule has 1 amide bonds. The van der Waals surface area contributed by atoms with Gasteiger partial charge in [0.2, 0.25) is 5.71 Å². The minimum atomic E-state index is -1.02. The third kappa shape index (κ3) is 4.76. The lowest BCUT2D eigenvalue weighted by Gasteiger charge is -2.04. The van der Waals surface area contributed by atoms with Gasteiger partial charge in [-0.05, 0) is 13.8 Å². The number of aliphatic hydroxyl groups excluding tert-OH is 1. The van der Waals surface area contributed by atoms with Gasteiger partial charge in [0.15, 0.2) is 0 Å². The van der Waals surface area contributed by atoms with Crippen LogP contribution < -0.4 is 5.32 Å². The van der Waals surface area contributed by atoms with E-state index in [0.717, 1.165) is 0 Å². The Balaban J connectivity index is 4.26. The smallest absolute Gasteiger partial charge is 0.286 e. The Morgan fingerprint density at radius 3 is 2.85 bits per heavy atom. The fourth-order valence-corrected chi connectivity index (χ4v) is 0.500. The Morgan fingerprint density at radius 1 is 1.85 bits per heavy atom. The van der Waals surface area contributed by atoms with Crippen LogP contribution in [0.4, 0.5) is 0 Å². The fourth-order valence-electron chi connectivity index (χ4n) is 0.500. The van der Waals surface area contributed by atoms with E-state index in [1.165, 1.54) is 6.92 Å². The zero-order valence-electron chi connectivity index (χ0n) is 7.44. The van der Waals surface area contributed by atoms with Crippen LogP contribution in [0.15, 0.2) is 5.16 Å². The Kier molecular flexibility index (Phi) is 5.23. The van der Waals surface area contributed by atoms with Gasteiger partial charge in [0.1, 0.15) is 18.9 Å². The number of hydrogen-bond donors (Lipinski definition) is 2. The van der Waals surface area contributed by atoms with Crippen molar-refractivity contribution in [3.63, 3.8) is 0 Å². The first-order valence-electron chi connectivity index (χ1n) is 3.70. The molecule has 0 aliphatic carbocycles. The van der Waals surface area contributed by atoms with Crippen LogP contribution >= 0.6 is 0 Å². The van der Waals surface area contributed by atoms with Crippen molar-refractivity contribution in [2.75, 3.05) is 6.61 Å². The van der Waals surface area contributed by atoms with Gasteiger partial charge in [-0.3, -0.25) is 4.79 Å². The van der Waals surface area contributed by atoms with E-state index in [0.29, 0.717) is 0 Å². The van der Waals surface area contributed by atoms with Gasteiger partial charge >= 0.3 is 0 Å². The summed E-state index contributed by atoms with van der Waals surface area (Å²) in [6, 6.07) is 1.54. The van der Waals surface area contributed by atoms with Crippen molar-refractivity contribution in [2.45, 2.75) is 20.1 Å². The van der Waals surface area contributed by atoms with E-state index in [2.05, 4.69) is 15.3 Å². The first-order chi connectivity index (χ1) is 6.11. The quantitative estimate of drug-likeness (QED) is 0.346. The van der Waals surface area contributed by atoms with Gasteiger partial charge in [-0.2, -0.15) is 5.26 Å². The zero-order valence-corrected chi connectivity index (χ0v) is 7.44. The molecule has 0 aromatic heterocycles. The molecule has 0 aliphatic heterocycles. The molecule has 1 atom stereocenters. The highest BCUT2D eigenvalue weighted by Gasteiger charge is 2.12. The zero-order chi connectivity index (χ0) is 10.3. The molecule has 72 valence electrons. The lowest BCUT2D eigenvalue weighted by atomic mass is 10.4. The number of carbonyl (C=O) groups excluding carboxylic acids is 1. The van der Waals surface area contributed by atoms with E-state index < -0.39 is 17.8 Å². The summed E-state index contributed by atoms with van der Waals surface area (Å²) in [4.78, 5) is 15.5. The van der Waals surface area contributed by atoms with E-state index in [9.17, 15) is 4.79 Å². The number of nitrogens with one attached hydrogen (secondary N) is 1. The predicted molar refractivity (Wildman–Crippen MR) is 44.5 cm³/mol. The average Bonchev–Trinajstić information content (AvgIpc) is 2.04. The normalized spacial score (nSPS) is 12.9. The van der Waals surface area contributed by atoms with Crippen molar-refractivity contribution in [1.29, 1.82) is 5.26 Å². The molecule has 0 radical (unpaired) electrons. The van der Waals surface area contributed by atoms with Gasteiger partial charge < -0.3 is 15.3 Å². The third-order valence-corrected chi connectivity index (χ3v) is 0.946.